The molecule has 0 radical (unpaired) electrons. The molecule has 0 heterocycles. The van der Waals surface area contributed by atoms with Gasteiger partial charge in [-0.05, 0) is 23.3 Å². The maximum Gasteiger partial charge on any atom is 0.312 e. The van der Waals surface area contributed by atoms with Gasteiger partial charge in [-0.2, -0.15) is 0 Å². The van der Waals surface area contributed by atoms with Crippen LogP contribution in [-0.2, 0) is 17.8 Å². The van der Waals surface area contributed by atoms with Gasteiger partial charge in [0, 0.05) is 32.6 Å². The molecule has 0 unspecified atom stereocenters. The number of nitrogens with zero attached hydrogens (tertiary/aromatic N) is 1. The Hall–Kier alpha value is -3.35. The Balaban J connectivity index is 2.07. The van der Waals surface area contributed by atoms with Crippen molar-refractivity contribution in [1.82, 2.24) is 15.5 Å². The second kappa shape index (κ2) is 9.38. The van der Waals surface area contributed by atoms with Crippen LogP contribution in [0.3, 0.4) is 0 Å². The summed E-state index contributed by atoms with van der Waals surface area (Å²) in [6.45, 7) is 0.346. The first kappa shape index (κ1) is 20.0. The van der Waals surface area contributed by atoms with Gasteiger partial charge in [-0.25, -0.2) is 4.79 Å². The summed E-state index contributed by atoms with van der Waals surface area (Å²) >= 11 is 0. The van der Waals surface area contributed by atoms with E-state index in [-0.39, 0.29) is 11.8 Å². The number of urea groups is 1. The molecule has 4 amide bonds. The Kier molecular flexibility index (Phi) is 6.93. The van der Waals surface area contributed by atoms with Crippen LogP contribution >= 0.6 is 0 Å². The summed E-state index contributed by atoms with van der Waals surface area (Å²) in [7, 11) is 3.23. The Morgan fingerprint density at radius 1 is 1.00 bits per heavy atom. The van der Waals surface area contributed by atoms with Gasteiger partial charge in [-0.15, -0.1) is 0 Å². The van der Waals surface area contributed by atoms with Crippen LogP contribution in [0.4, 0.5) is 4.79 Å². The number of likely N-dealkylation sites (N-methyl/N-ethyl adjacent to an activating group) is 1. The quantitative estimate of drug-likeness (QED) is 0.686. The van der Waals surface area contributed by atoms with Crippen molar-refractivity contribution in [3.8, 4) is 0 Å². The average Bonchev–Trinajstić information content (AvgIpc) is 2.67. The number of benzene rings is 2. The summed E-state index contributed by atoms with van der Waals surface area (Å²) in [5.41, 5.74) is 7.58. The van der Waals surface area contributed by atoms with Gasteiger partial charge in [0.25, 0.3) is 5.91 Å². The molecule has 0 spiro atoms. The van der Waals surface area contributed by atoms with Crippen molar-refractivity contribution < 1.29 is 14.4 Å². The number of nitrogens with one attached hydrogen (secondary N) is 2. The molecule has 27 heavy (non-hydrogen) atoms. The number of nitrogens with two attached hydrogens (primary N) is 1. The number of hydrogen-bond acceptors (Lipinski definition) is 3. The van der Waals surface area contributed by atoms with Crippen LogP contribution < -0.4 is 16.4 Å². The van der Waals surface area contributed by atoms with E-state index in [4.69, 9.17) is 5.73 Å². The predicted octanol–water partition coefficient (Wildman–Crippen LogP) is 1.28. The summed E-state index contributed by atoms with van der Waals surface area (Å²) < 4.78 is 0. The van der Waals surface area contributed by atoms with E-state index < -0.39 is 12.1 Å². The fourth-order valence-electron chi connectivity index (χ4n) is 2.75. The number of carbonyl (C=O) groups excluding carboxylic acids is 3. The zero-order valence-corrected chi connectivity index (χ0v) is 15.4. The number of hydrogen-bond donors (Lipinski definition) is 3. The molecule has 4 N–H and O–H groups in total. The van der Waals surface area contributed by atoms with Crippen LogP contribution in [0.25, 0.3) is 0 Å². The van der Waals surface area contributed by atoms with E-state index in [0.29, 0.717) is 18.5 Å². The highest BCUT2D eigenvalue weighted by atomic mass is 16.2. The minimum absolute atomic E-state index is 0.167. The molecule has 0 saturated heterocycles. The highest BCUT2D eigenvalue weighted by Gasteiger charge is 2.23. The lowest BCUT2D eigenvalue weighted by atomic mass is 10.0. The van der Waals surface area contributed by atoms with Gasteiger partial charge in [-0.3, -0.25) is 9.59 Å². The first-order chi connectivity index (χ1) is 12.9. The number of carbonyl (C=O) groups is 3. The van der Waals surface area contributed by atoms with E-state index in [1.54, 1.807) is 38.4 Å². The van der Waals surface area contributed by atoms with Crippen molar-refractivity contribution in [2.45, 2.75) is 19.0 Å². The van der Waals surface area contributed by atoms with Crippen LogP contribution in [0.1, 0.15) is 21.5 Å². The molecule has 0 aromatic heterocycles. The van der Waals surface area contributed by atoms with Gasteiger partial charge in [0.2, 0.25) is 5.91 Å². The summed E-state index contributed by atoms with van der Waals surface area (Å²) in [6, 6.07) is 14.9. The molecule has 7 heteroatoms. The van der Waals surface area contributed by atoms with Crippen molar-refractivity contribution in [3.05, 3.63) is 71.3 Å². The van der Waals surface area contributed by atoms with Gasteiger partial charge in [0.1, 0.15) is 6.04 Å². The summed E-state index contributed by atoms with van der Waals surface area (Å²) in [5.74, 6) is -0.410. The SMILES string of the molecule is CNC(=O)c1ccc(CN(C)C(=O)[C@H](Cc2ccccc2)NC(N)=O)cc1. The highest BCUT2D eigenvalue weighted by molar-refractivity contribution is 5.94. The van der Waals surface area contributed by atoms with Gasteiger partial charge in [0.05, 0.1) is 0 Å². The molecule has 0 aliphatic heterocycles. The van der Waals surface area contributed by atoms with Crippen LogP contribution in [0, 0.1) is 0 Å². The fraction of sp³-hybridized carbons (Fsp3) is 0.250. The topological polar surface area (TPSA) is 105 Å². The molecule has 2 rings (SSSR count). The van der Waals surface area contributed by atoms with Crippen LogP contribution in [0.5, 0.6) is 0 Å². The number of amides is 4. The zero-order valence-electron chi connectivity index (χ0n) is 15.4. The average molecular weight is 368 g/mol. The summed E-state index contributed by atoms with van der Waals surface area (Å²) in [6.07, 6.45) is 0.350. The molecule has 7 nitrogen and oxygen atoms in total. The van der Waals surface area contributed by atoms with Crippen molar-refractivity contribution in [2.24, 2.45) is 5.73 Å². The lowest BCUT2D eigenvalue weighted by Gasteiger charge is -2.24. The highest BCUT2D eigenvalue weighted by Crippen LogP contribution is 2.10. The Bertz CT molecular complexity index is 791. The van der Waals surface area contributed by atoms with E-state index in [1.807, 2.05) is 30.3 Å². The first-order valence-electron chi connectivity index (χ1n) is 8.56. The molecule has 0 bridgehead atoms. The van der Waals surface area contributed by atoms with E-state index in [0.717, 1.165) is 11.1 Å². The second-order valence-electron chi connectivity index (χ2n) is 6.22. The minimum Gasteiger partial charge on any atom is -0.355 e. The third-order valence-electron chi connectivity index (χ3n) is 4.14. The molecular weight excluding hydrogens is 344 g/mol. The molecule has 0 aliphatic rings. The largest absolute Gasteiger partial charge is 0.355 e. The van der Waals surface area contributed by atoms with Gasteiger partial charge >= 0.3 is 6.03 Å². The lowest BCUT2D eigenvalue weighted by Crippen LogP contribution is -2.50. The third-order valence-corrected chi connectivity index (χ3v) is 4.14. The van der Waals surface area contributed by atoms with Gasteiger partial charge in [0.15, 0.2) is 0 Å². The molecule has 2 aromatic rings. The van der Waals surface area contributed by atoms with Crippen LogP contribution in [-0.4, -0.2) is 42.9 Å². The lowest BCUT2D eigenvalue weighted by molar-refractivity contribution is -0.132. The maximum absolute atomic E-state index is 12.8. The summed E-state index contributed by atoms with van der Waals surface area (Å²) in [4.78, 5) is 37.2. The van der Waals surface area contributed by atoms with Crippen molar-refractivity contribution in [1.29, 1.82) is 0 Å². The van der Waals surface area contributed by atoms with Crippen LogP contribution in [0.15, 0.2) is 54.6 Å². The van der Waals surface area contributed by atoms with Gasteiger partial charge in [-0.1, -0.05) is 42.5 Å². The normalized spacial score (nSPS) is 11.3. The molecular formula is C20H24N4O3. The molecule has 0 aliphatic carbocycles. The van der Waals surface area contributed by atoms with Crippen molar-refractivity contribution >= 4 is 17.8 Å². The first-order valence-corrected chi connectivity index (χ1v) is 8.56. The Morgan fingerprint density at radius 2 is 1.63 bits per heavy atom. The van der Waals surface area contributed by atoms with E-state index >= 15 is 0 Å². The number of primary amides is 1. The molecule has 142 valence electrons. The molecule has 0 fully saturated rings. The number of rotatable bonds is 7. The predicted molar refractivity (Wildman–Crippen MR) is 103 cm³/mol. The standard InChI is InChI=1S/C20H24N4O3/c1-22-18(25)16-10-8-15(9-11-16)13-24(2)19(26)17(23-20(21)27)12-14-6-4-3-5-7-14/h3-11,17H,12-13H2,1-2H3,(H,22,25)(H3,21,23,27)/t17-/m0/s1. The van der Waals surface area contributed by atoms with E-state index in [2.05, 4.69) is 10.6 Å². The minimum atomic E-state index is -0.750. The third kappa shape index (κ3) is 5.85. The Morgan fingerprint density at radius 3 is 2.19 bits per heavy atom. The van der Waals surface area contributed by atoms with Crippen molar-refractivity contribution in [3.63, 3.8) is 0 Å². The molecule has 2 aromatic carbocycles. The Labute approximate surface area is 158 Å². The van der Waals surface area contributed by atoms with Crippen molar-refractivity contribution in [2.75, 3.05) is 14.1 Å². The second-order valence-corrected chi connectivity index (χ2v) is 6.22. The monoisotopic (exact) mass is 368 g/mol. The fourth-order valence-corrected chi connectivity index (χ4v) is 2.75. The smallest absolute Gasteiger partial charge is 0.312 e. The van der Waals surface area contributed by atoms with E-state index in [9.17, 15) is 14.4 Å². The van der Waals surface area contributed by atoms with Gasteiger partial charge < -0.3 is 21.3 Å². The molecule has 1 atom stereocenters. The molecule has 0 saturated carbocycles. The zero-order chi connectivity index (χ0) is 19.8. The van der Waals surface area contributed by atoms with E-state index in [1.165, 1.54) is 4.90 Å². The van der Waals surface area contributed by atoms with Crippen LogP contribution in [0.2, 0.25) is 0 Å². The maximum atomic E-state index is 12.8. The summed E-state index contributed by atoms with van der Waals surface area (Å²) in [5, 5.41) is 5.08.